The summed E-state index contributed by atoms with van der Waals surface area (Å²) in [5.41, 5.74) is 7.05. The SMILES string of the molecule is CC(C)(C)c1cc(-c2[nH]c(C(=O)NC3CCC3)c(Cl)c2CC2CCCCC2)cc(C2(C)CC2)c1. The summed E-state index contributed by atoms with van der Waals surface area (Å²) in [7, 11) is 0. The number of aromatic amines is 1. The smallest absolute Gasteiger partial charge is 0.269 e. The highest BCUT2D eigenvalue weighted by molar-refractivity contribution is 6.35. The van der Waals surface area contributed by atoms with E-state index in [1.54, 1.807) is 0 Å². The summed E-state index contributed by atoms with van der Waals surface area (Å²) in [4.78, 5) is 16.7. The molecule has 0 radical (unpaired) electrons. The average Bonchev–Trinajstić information content (AvgIpc) is 3.45. The molecule has 0 atom stereocenters. The third-order valence-corrected chi connectivity index (χ3v) is 9.12. The zero-order valence-corrected chi connectivity index (χ0v) is 22.2. The number of carbonyl (C=O) groups is 1. The summed E-state index contributed by atoms with van der Waals surface area (Å²) in [6.45, 7) is 9.23. The van der Waals surface area contributed by atoms with Crippen molar-refractivity contribution in [2.45, 2.75) is 115 Å². The lowest BCUT2D eigenvalue weighted by molar-refractivity contribution is 0.0912. The number of aromatic nitrogens is 1. The Bertz CT molecular complexity index is 1040. The van der Waals surface area contributed by atoms with Crippen molar-refractivity contribution in [2.75, 3.05) is 0 Å². The van der Waals surface area contributed by atoms with Crippen molar-refractivity contribution in [3.8, 4) is 11.3 Å². The van der Waals surface area contributed by atoms with Gasteiger partial charge in [-0.25, -0.2) is 0 Å². The first-order valence-electron chi connectivity index (χ1n) is 13.5. The molecule has 1 heterocycles. The molecule has 4 heteroatoms. The Morgan fingerprint density at radius 3 is 2.35 bits per heavy atom. The van der Waals surface area contributed by atoms with Crippen LogP contribution in [-0.2, 0) is 17.3 Å². The van der Waals surface area contributed by atoms with E-state index in [2.05, 4.69) is 56.2 Å². The number of halogens is 1. The molecule has 0 aliphatic heterocycles. The lowest BCUT2D eigenvalue weighted by Gasteiger charge is -2.26. The molecule has 3 aliphatic rings. The largest absolute Gasteiger partial charge is 0.349 e. The van der Waals surface area contributed by atoms with Crippen LogP contribution in [0.1, 0.15) is 119 Å². The minimum Gasteiger partial charge on any atom is -0.349 e. The van der Waals surface area contributed by atoms with Crippen LogP contribution in [0, 0.1) is 5.92 Å². The molecule has 1 aromatic heterocycles. The molecule has 184 valence electrons. The minimum atomic E-state index is -0.0489. The Labute approximate surface area is 210 Å². The predicted molar refractivity (Wildman–Crippen MR) is 142 cm³/mol. The zero-order chi connectivity index (χ0) is 24.1. The van der Waals surface area contributed by atoms with Crippen molar-refractivity contribution in [3.05, 3.63) is 45.6 Å². The molecule has 1 amide bonds. The molecule has 3 saturated carbocycles. The summed E-state index contributed by atoms with van der Waals surface area (Å²) >= 11 is 7.02. The summed E-state index contributed by atoms with van der Waals surface area (Å²) in [6.07, 6.45) is 13.3. The Balaban J connectivity index is 1.58. The first kappa shape index (κ1) is 24.0. The van der Waals surface area contributed by atoms with Gasteiger partial charge in [-0.3, -0.25) is 4.79 Å². The van der Waals surface area contributed by atoms with Crippen LogP contribution in [0.4, 0.5) is 0 Å². The van der Waals surface area contributed by atoms with E-state index in [0.717, 1.165) is 30.5 Å². The highest BCUT2D eigenvalue weighted by Gasteiger charge is 2.40. The molecule has 0 spiro atoms. The fraction of sp³-hybridized carbons (Fsp3) is 0.633. The number of amides is 1. The molecule has 0 saturated heterocycles. The second kappa shape index (κ2) is 9.04. The van der Waals surface area contributed by atoms with E-state index < -0.39 is 0 Å². The maximum atomic E-state index is 13.2. The van der Waals surface area contributed by atoms with Gasteiger partial charge in [0.1, 0.15) is 5.69 Å². The number of nitrogens with one attached hydrogen (secondary N) is 2. The summed E-state index contributed by atoms with van der Waals surface area (Å²) in [5, 5.41) is 3.83. The van der Waals surface area contributed by atoms with E-state index in [1.807, 2.05) is 0 Å². The average molecular weight is 481 g/mol. The van der Waals surface area contributed by atoms with Crippen LogP contribution in [0.5, 0.6) is 0 Å². The van der Waals surface area contributed by atoms with E-state index in [1.165, 1.54) is 68.1 Å². The van der Waals surface area contributed by atoms with Crippen LogP contribution in [0.2, 0.25) is 5.02 Å². The molecule has 1 aromatic carbocycles. The quantitative estimate of drug-likeness (QED) is 0.431. The topological polar surface area (TPSA) is 44.9 Å². The Morgan fingerprint density at radius 1 is 1.06 bits per heavy atom. The normalized spacial score (nSPS) is 20.7. The van der Waals surface area contributed by atoms with Crippen molar-refractivity contribution in [2.24, 2.45) is 5.92 Å². The van der Waals surface area contributed by atoms with Gasteiger partial charge in [-0.2, -0.15) is 0 Å². The van der Waals surface area contributed by atoms with Crippen LogP contribution in [0.25, 0.3) is 11.3 Å². The van der Waals surface area contributed by atoms with Crippen LogP contribution in [0.3, 0.4) is 0 Å². The van der Waals surface area contributed by atoms with E-state index in [4.69, 9.17) is 11.6 Å². The molecule has 3 nitrogen and oxygen atoms in total. The van der Waals surface area contributed by atoms with Gasteiger partial charge in [-0.1, -0.05) is 77.5 Å². The molecule has 34 heavy (non-hydrogen) atoms. The number of H-pyrrole nitrogens is 1. The van der Waals surface area contributed by atoms with Gasteiger partial charge < -0.3 is 10.3 Å². The van der Waals surface area contributed by atoms with Crippen LogP contribution >= 0.6 is 11.6 Å². The first-order valence-corrected chi connectivity index (χ1v) is 13.9. The van der Waals surface area contributed by atoms with Gasteiger partial charge in [0.15, 0.2) is 0 Å². The number of hydrogen-bond acceptors (Lipinski definition) is 1. The molecular formula is C30H41ClN2O. The fourth-order valence-electron chi connectivity index (χ4n) is 5.63. The predicted octanol–water partition coefficient (Wildman–Crippen LogP) is 8.09. The number of hydrogen-bond donors (Lipinski definition) is 2. The molecular weight excluding hydrogens is 440 g/mol. The summed E-state index contributed by atoms with van der Waals surface area (Å²) in [6, 6.07) is 7.40. The minimum absolute atomic E-state index is 0.0489. The highest BCUT2D eigenvalue weighted by Crippen LogP contribution is 2.49. The van der Waals surface area contributed by atoms with Crippen molar-refractivity contribution >= 4 is 17.5 Å². The lowest BCUT2D eigenvalue weighted by Crippen LogP contribution is -2.39. The molecule has 0 unspecified atom stereocenters. The van der Waals surface area contributed by atoms with Crippen molar-refractivity contribution < 1.29 is 4.79 Å². The molecule has 2 N–H and O–H groups in total. The van der Waals surface area contributed by atoms with Gasteiger partial charge in [0, 0.05) is 6.04 Å². The molecule has 3 fully saturated rings. The van der Waals surface area contributed by atoms with E-state index in [-0.39, 0.29) is 16.7 Å². The van der Waals surface area contributed by atoms with Gasteiger partial charge in [0.25, 0.3) is 5.91 Å². The lowest BCUT2D eigenvalue weighted by atomic mass is 9.81. The maximum absolute atomic E-state index is 13.2. The Morgan fingerprint density at radius 2 is 1.76 bits per heavy atom. The van der Waals surface area contributed by atoms with Crippen molar-refractivity contribution in [3.63, 3.8) is 0 Å². The maximum Gasteiger partial charge on any atom is 0.269 e. The second-order valence-electron chi connectivity index (χ2n) is 12.6. The standard InChI is InChI=1S/C30H41ClN2O/c1-29(2,3)21-16-20(17-22(18-21)30(4)13-14-30)26-24(15-19-9-6-5-7-10-19)25(31)27(33-26)28(34)32-23-11-8-12-23/h16-19,23,33H,5-15H2,1-4H3,(H,32,34). The first-order chi connectivity index (χ1) is 16.1. The van der Waals surface area contributed by atoms with Gasteiger partial charge in [0.05, 0.1) is 10.7 Å². The molecule has 2 aromatic rings. The van der Waals surface area contributed by atoms with Crippen LogP contribution in [-0.4, -0.2) is 16.9 Å². The zero-order valence-electron chi connectivity index (χ0n) is 21.5. The van der Waals surface area contributed by atoms with Gasteiger partial charge in [-0.15, -0.1) is 0 Å². The van der Waals surface area contributed by atoms with Gasteiger partial charge in [-0.05, 0) is 89.7 Å². The highest BCUT2D eigenvalue weighted by atomic mass is 35.5. The van der Waals surface area contributed by atoms with Gasteiger partial charge >= 0.3 is 0 Å². The van der Waals surface area contributed by atoms with Crippen LogP contribution < -0.4 is 5.32 Å². The van der Waals surface area contributed by atoms with Crippen molar-refractivity contribution in [1.82, 2.24) is 10.3 Å². The number of carbonyl (C=O) groups excluding carboxylic acids is 1. The number of rotatable bonds is 6. The fourth-order valence-corrected chi connectivity index (χ4v) is 5.93. The third kappa shape index (κ3) is 4.83. The summed E-state index contributed by atoms with van der Waals surface area (Å²) < 4.78 is 0. The van der Waals surface area contributed by atoms with E-state index in [9.17, 15) is 4.79 Å². The van der Waals surface area contributed by atoms with Crippen LogP contribution in [0.15, 0.2) is 18.2 Å². The molecule has 3 aliphatic carbocycles. The van der Waals surface area contributed by atoms with Crippen molar-refractivity contribution in [1.29, 1.82) is 0 Å². The second-order valence-corrected chi connectivity index (χ2v) is 13.0. The Kier molecular flexibility index (Phi) is 6.38. The monoisotopic (exact) mass is 480 g/mol. The van der Waals surface area contributed by atoms with Gasteiger partial charge in [0.2, 0.25) is 0 Å². The number of benzene rings is 1. The molecule has 0 bridgehead atoms. The third-order valence-electron chi connectivity index (χ3n) is 8.71. The van der Waals surface area contributed by atoms with E-state index >= 15 is 0 Å². The molecule has 5 rings (SSSR count). The van der Waals surface area contributed by atoms with E-state index in [0.29, 0.717) is 22.7 Å². The summed E-state index contributed by atoms with van der Waals surface area (Å²) in [5.74, 6) is 0.599. The Hall–Kier alpha value is -1.74.